The molecule has 168 valence electrons. The molecule has 32 heavy (non-hydrogen) atoms. The van der Waals surface area contributed by atoms with Crippen molar-refractivity contribution in [2.45, 2.75) is 26.0 Å². The van der Waals surface area contributed by atoms with E-state index in [2.05, 4.69) is 14.7 Å². The number of aromatic amines is 1. The van der Waals surface area contributed by atoms with E-state index in [1.807, 2.05) is 0 Å². The van der Waals surface area contributed by atoms with Gasteiger partial charge in [0.05, 0.1) is 13.4 Å². The van der Waals surface area contributed by atoms with E-state index in [0.717, 1.165) is 19.4 Å². The minimum absolute atomic E-state index is 0.0443. The quantitative estimate of drug-likeness (QED) is 0.532. The maximum Gasteiger partial charge on any atom is 0.274 e. The average Bonchev–Trinajstić information content (AvgIpc) is 2.80. The van der Waals surface area contributed by atoms with Crippen LogP contribution in [0.3, 0.4) is 0 Å². The molecular formula is C24H27N3O4S. The minimum atomic E-state index is -3.59. The van der Waals surface area contributed by atoms with Crippen molar-refractivity contribution < 1.29 is 25.5 Å². The number of rotatable bonds is 6. The first-order valence-corrected chi connectivity index (χ1v) is 11.1. The summed E-state index contributed by atoms with van der Waals surface area (Å²) < 4.78 is 104. The molecule has 7 nitrogen and oxygen atoms in total. The zero-order valence-electron chi connectivity index (χ0n) is 26.3. The van der Waals surface area contributed by atoms with Crippen LogP contribution in [0.1, 0.15) is 49.6 Å². The van der Waals surface area contributed by atoms with Gasteiger partial charge >= 0.3 is 0 Å². The van der Waals surface area contributed by atoms with Gasteiger partial charge in [0, 0.05) is 47.1 Å². The molecule has 3 aromatic rings. The highest BCUT2D eigenvalue weighted by Gasteiger charge is 2.23. The third-order valence-electron chi connectivity index (χ3n) is 4.38. The fourth-order valence-corrected chi connectivity index (χ4v) is 3.60. The zero-order valence-corrected chi connectivity index (χ0v) is 18.1. The average molecular weight is 463 g/mol. The molecule has 2 N–H and O–H groups in total. The Bertz CT molecular complexity index is 1570. The Morgan fingerprint density at radius 2 is 1.88 bits per heavy atom. The Kier molecular flexibility index (Phi) is 3.91. The number of H-pyrrole nitrogens is 1. The summed E-state index contributed by atoms with van der Waals surface area (Å²) in [6.45, 7) is -10.8. The van der Waals surface area contributed by atoms with Crippen molar-refractivity contribution in [1.82, 2.24) is 9.97 Å². The monoisotopic (exact) mass is 462 g/mol. The molecule has 0 fully saturated rings. The van der Waals surface area contributed by atoms with Gasteiger partial charge in [0.2, 0.25) is 10.0 Å². The molecule has 0 amide bonds. The lowest BCUT2D eigenvalue weighted by Gasteiger charge is -2.24. The van der Waals surface area contributed by atoms with E-state index < -0.39 is 47.1 Å². The van der Waals surface area contributed by atoms with Gasteiger partial charge in [0.1, 0.15) is 11.4 Å². The maximum absolute atomic E-state index is 12.6. The van der Waals surface area contributed by atoms with Crippen molar-refractivity contribution in [3.05, 3.63) is 75.8 Å². The number of hydrogen-bond acceptors (Lipinski definition) is 5. The minimum Gasteiger partial charge on any atom is -0.496 e. The molecule has 0 aliphatic rings. The van der Waals surface area contributed by atoms with Gasteiger partial charge in [-0.15, -0.1) is 0 Å². The fraction of sp³-hybridized carbons (Fsp3) is 0.250. The van der Waals surface area contributed by atoms with Crippen LogP contribution in [-0.2, 0) is 15.4 Å². The van der Waals surface area contributed by atoms with E-state index in [-0.39, 0.29) is 22.6 Å². The van der Waals surface area contributed by atoms with Gasteiger partial charge in [0.25, 0.3) is 5.56 Å². The van der Waals surface area contributed by atoms with Crippen molar-refractivity contribution in [1.29, 1.82) is 0 Å². The molecule has 0 atom stereocenters. The molecule has 0 radical (unpaired) electrons. The number of anilines is 1. The first-order valence-electron chi connectivity index (χ1n) is 13.8. The second-order valence-corrected chi connectivity index (χ2v) is 8.74. The third kappa shape index (κ3) is 5.64. The Hall–Kier alpha value is -3.39. The zero-order chi connectivity index (χ0) is 31.0. The van der Waals surface area contributed by atoms with E-state index in [4.69, 9.17) is 17.1 Å². The van der Waals surface area contributed by atoms with Gasteiger partial charge in [-0.25, -0.2) is 13.4 Å². The SMILES string of the molecule is [2H]C([2H])([2H])C(c1cc(-c2ncc[nH]c2=O)cc(C=Cc2ccc(NS(C)(=O)=O)cc2)c1OC)(C([2H])([2H])[2H])C([2H])([2H])[2H]. The van der Waals surface area contributed by atoms with E-state index in [0.29, 0.717) is 11.3 Å². The third-order valence-corrected chi connectivity index (χ3v) is 4.98. The van der Waals surface area contributed by atoms with E-state index in [1.165, 1.54) is 42.7 Å². The van der Waals surface area contributed by atoms with Gasteiger partial charge in [-0.3, -0.25) is 9.52 Å². The van der Waals surface area contributed by atoms with Gasteiger partial charge in [-0.2, -0.15) is 0 Å². The second kappa shape index (κ2) is 9.00. The molecule has 2 aromatic carbocycles. The summed E-state index contributed by atoms with van der Waals surface area (Å²) in [4.78, 5) is 19.0. The van der Waals surface area contributed by atoms with Crippen molar-refractivity contribution in [2.24, 2.45) is 0 Å². The predicted octanol–water partition coefficient (Wildman–Crippen LogP) is 4.28. The van der Waals surface area contributed by atoms with Crippen LogP contribution in [0.25, 0.3) is 23.4 Å². The summed E-state index contributed by atoms with van der Waals surface area (Å²) in [5.74, 6) is -0.337. The molecule has 0 aliphatic heterocycles. The van der Waals surface area contributed by atoms with Crippen LogP contribution < -0.4 is 15.0 Å². The highest BCUT2D eigenvalue weighted by atomic mass is 32.2. The Morgan fingerprint density at radius 1 is 1.16 bits per heavy atom. The molecule has 0 aliphatic carbocycles. The number of methoxy groups -OCH3 is 1. The van der Waals surface area contributed by atoms with Gasteiger partial charge < -0.3 is 9.72 Å². The molecule has 1 aromatic heterocycles. The van der Waals surface area contributed by atoms with Gasteiger partial charge in [0.15, 0.2) is 0 Å². The fourth-order valence-electron chi connectivity index (χ4n) is 3.04. The Labute approximate surface area is 200 Å². The van der Waals surface area contributed by atoms with Crippen LogP contribution in [0, 0.1) is 0 Å². The number of aromatic nitrogens is 2. The molecule has 0 spiro atoms. The number of benzene rings is 2. The summed E-state index contributed by atoms with van der Waals surface area (Å²) in [6.07, 6.45) is 6.47. The van der Waals surface area contributed by atoms with Gasteiger partial charge in [-0.1, -0.05) is 44.8 Å². The van der Waals surface area contributed by atoms with Crippen molar-refractivity contribution in [3.8, 4) is 17.0 Å². The number of ether oxygens (including phenoxy) is 1. The molecule has 0 unspecified atom stereocenters. The lowest BCUT2D eigenvalue weighted by atomic mass is 9.83. The van der Waals surface area contributed by atoms with E-state index >= 15 is 0 Å². The normalized spacial score (nSPS) is 17.5. The summed E-state index contributed by atoms with van der Waals surface area (Å²) in [6, 6.07) is 8.53. The second-order valence-electron chi connectivity index (χ2n) is 6.99. The standard InChI is InChI=1S/C24H27N3O4S/c1-24(2,3)20-15-18(21-23(28)26-13-12-25-21)14-17(22(20)31-4)9-6-16-7-10-19(11-8-16)27-32(5,29)30/h6-15,27H,1-5H3,(H,26,28)/i1D3,2D3,3D3. The van der Waals surface area contributed by atoms with E-state index in [1.54, 1.807) is 12.1 Å². The molecule has 0 bridgehead atoms. The smallest absolute Gasteiger partial charge is 0.274 e. The van der Waals surface area contributed by atoms with Crippen LogP contribution >= 0.6 is 0 Å². The Balaban J connectivity index is 2.39. The first-order chi connectivity index (χ1) is 18.7. The van der Waals surface area contributed by atoms with Crippen molar-refractivity contribution >= 4 is 27.9 Å². The summed E-state index contributed by atoms with van der Waals surface area (Å²) >= 11 is 0. The molecule has 0 saturated heterocycles. The number of nitrogens with zero attached hydrogens (tertiary/aromatic N) is 1. The summed E-state index contributed by atoms with van der Waals surface area (Å²) in [7, 11) is -2.36. The molecule has 8 heteroatoms. The molecule has 1 heterocycles. The highest BCUT2D eigenvalue weighted by molar-refractivity contribution is 7.92. The van der Waals surface area contributed by atoms with Crippen molar-refractivity contribution in [2.75, 3.05) is 18.1 Å². The van der Waals surface area contributed by atoms with Crippen LogP contribution in [0.4, 0.5) is 5.69 Å². The van der Waals surface area contributed by atoms with Crippen LogP contribution in [-0.4, -0.2) is 31.8 Å². The number of hydrogen-bond donors (Lipinski definition) is 2. The van der Waals surface area contributed by atoms with Crippen molar-refractivity contribution in [3.63, 3.8) is 0 Å². The summed E-state index contributed by atoms with van der Waals surface area (Å²) in [5.41, 5.74) is -4.12. The maximum atomic E-state index is 12.6. The lowest BCUT2D eigenvalue weighted by molar-refractivity contribution is 0.397. The molecular weight excluding hydrogens is 426 g/mol. The molecule has 0 saturated carbocycles. The van der Waals surface area contributed by atoms with Crippen LogP contribution in [0.15, 0.2) is 53.6 Å². The first kappa shape index (κ1) is 13.9. The van der Waals surface area contributed by atoms with E-state index in [9.17, 15) is 13.2 Å². The highest BCUT2D eigenvalue weighted by Crippen LogP contribution is 2.38. The summed E-state index contributed by atoms with van der Waals surface area (Å²) in [5, 5.41) is 0. The largest absolute Gasteiger partial charge is 0.496 e. The predicted molar refractivity (Wildman–Crippen MR) is 129 cm³/mol. The van der Waals surface area contributed by atoms with Crippen LogP contribution in [0.2, 0.25) is 0 Å². The molecule has 3 rings (SSSR count). The number of nitrogens with one attached hydrogen (secondary N) is 2. The lowest BCUT2D eigenvalue weighted by Crippen LogP contribution is -2.15. The number of sulfonamides is 1. The van der Waals surface area contributed by atoms with Crippen LogP contribution in [0.5, 0.6) is 5.75 Å². The Morgan fingerprint density at radius 3 is 2.47 bits per heavy atom. The topological polar surface area (TPSA) is 101 Å². The van der Waals surface area contributed by atoms with Gasteiger partial charge in [-0.05, 0) is 35.2 Å².